The molecule has 1 N–H and O–H groups in total. The lowest BCUT2D eigenvalue weighted by molar-refractivity contribution is 0.576. The van der Waals surface area contributed by atoms with Crippen LogP contribution in [0.1, 0.15) is 18.1 Å². The standard InChI is InChI=1S/C24H21BrN2O3S/c1-2-17-12-14-19(15-13-17)31(28,29)24-23(26-16-18-8-4-3-5-9-18)30-22(27-24)20-10-6-7-11-21(20)25/h3-15,26H,2,16H2,1H3. The van der Waals surface area contributed by atoms with Crippen LogP contribution in [0.5, 0.6) is 0 Å². The number of aromatic nitrogens is 1. The molecular formula is C24H21BrN2O3S. The van der Waals surface area contributed by atoms with Gasteiger partial charge in [-0.05, 0) is 57.7 Å². The smallest absolute Gasteiger partial charge is 0.234 e. The molecule has 0 aliphatic rings. The Hall–Kier alpha value is -2.90. The summed E-state index contributed by atoms with van der Waals surface area (Å²) in [5.41, 5.74) is 2.74. The molecule has 4 rings (SSSR count). The normalized spacial score (nSPS) is 11.4. The first-order valence-electron chi connectivity index (χ1n) is 9.86. The molecule has 0 aliphatic heterocycles. The fraction of sp³-hybridized carbons (Fsp3) is 0.125. The van der Waals surface area contributed by atoms with Gasteiger partial charge in [0.05, 0.1) is 10.5 Å². The molecule has 0 fully saturated rings. The van der Waals surface area contributed by atoms with E-state index in [9.17, 15) is 8.42 Å². The van der Waals surface area contributed by atoms with Crippen LogP contribution in [-0.2, 0) is 22.8 Å². The van der Waals surface area contributed by atoms with Gasteiger partial charge in [0, 0.05) is 11.0 Å². The highest BCUT2D eigenvalue weighted by Gasteiger charge is 2.29. The van der Waals surface area contributed by atoms with E-state index in [1.807, 2.05) is 73.7 Å². The Bertz CT molecular complexity index is 1280. The molecule has 5 nitrogen and oxygen atoms in total. The predicted molar refractivity (Wildman–Crippen MR) is 125 cm³/mol. The quantitative estimate of drug-likeness (QED) is 0.334. The molecule has 31 heavy (non-hydrogen) atoms. The van der Waals surface area contributed by atoms with Crippen LogP contribution in [0, 0.1) is 0 Å². The second-order valence-electron chi connectivity index (χ2n) is 6.97. The molecule has 0 spiro atoms. The molecule has 0 bridgehead atoms. The molecule has 1 heterocycles. The summed E-state index contributed by atoms with van der Waals surface area (Å²) in [5.74, 6) is 0.348. The van der Waals surface area contributed by atoms with Crippen LogP contribution >= 0.6 is 15.9 Å². The third-order valence-corrected chi connectivity index (χ3v) is 7.26. The monoisotopic (exact) mass is 496 g/mol. The number of nitrogens with zero attached hydrogens (tertiary/aromatic N) is 1. The van der Waals surface area contributed by atoms with Crippen LogP contribution in [0.2, 0.25) is 0 Å². The summed E-state index contributed by atoms with van der Waals surface area (Å²) in [7, 11) is -3.88. The number of benzene rings is 3. The Morgan fingerprint density at radius 2 is 1.58 bits per heavy atom. The second-order valence-corrected chi connectivity index (χ2v) is 9.69. The average molecular weight is 497 g/mol. The van der Waals surface area contributed by atoms with E-state index in [-0.39, 0.29) is 21.7 Å². The topological polar surface area (TPSA) is 72.2 Å². The third-order valence-electron chi connectivity index (χ3n) is 4.89. The molecule has 0 aliphatic carbocycles. The number of oxazole rings is 1. The van der Waals surface area contributed by atoms with Crippen molar-refractivity contribution in [2.45, 2.75) is 29.8 Å². The molecule has 0 unspecified atom stereocenters. The molecule has 0 radical (unpaired) electrons. The molecule has 0 amide bonds. The van der Waals surface area contributed by atoms with Crippen LogP contribution in [0.25, 0.3) is 11.5 Å². The van der Waals surface area contributed by atoms with Crippen LogP contribution < -0.4 is 5.32 Å². The third kappa shape index (κ3) is 4.57. The minimum absolute atomic E-state index is 0.120. The minimum Gasteiger partial charge on any atom is -0.419 e. The van der Waals surface area contributed by atoms with Gasteiger partial charge in [0.15, 0.2) is 0 Å². The van der Waals surface area contributed by atoms with E-state index in [1.165, 1.54) is 0 Å². The van der Waals surface area contributed by atoms with Gasteiger partial charge >= 0.3 is 0 Å². The lowest BCUT2D eigenvalue weighted by Gasteiger charge is -2.07. The van der Waals surface area contributed by atoms with E-state index >= 15 is 0 Å². The summed E-state index contributed by atoms with van der Waals surface area (Å²) < 4.78 is 33.5. The van der Waals surface area contributed by atoms with Crippen LogP contribution in [0.4, 0.5) is 5.88 Å². The van der Waals surface area contributed by atoms with Crippen molar-refractivity contribution in [1.82, 2.24) is 4.98 Å². The predicted octanol–water partition coefficient (Wildman–Crippen LogP) is 6.11. The largest absolute Gasteiger partial charge is 0.419 e. The van der Waals surface area contributed by atoms with Gasteiger partial charge in [0.1, 0.15) is 0 Å². The average Bonchev–Trinajstić information content (AvgIpc) is 3.23. The van der Waals surface area contributed by atoms with Crippen LogP contribution in [0.3, 0.4) is 0 Å². The van der Waals surface area contributed by atoms with Crippen molar-refractivity contribution in [3.05, 3.63) is 94.5 Å². The van der Waals surface area contributed by atoms with Gasteiger partial charge in [-0.2, -0.15) is 4.98 Å². The number of hydrogen-bond acceptors (Lipinski definition) is 5. The van der Waals surface area contributed by atoms with Crippen molar-refractivity contribution in [3.63, 3.8) is 0 Å². The Balaban J connectivity index is 1.77. The molecule has 4 aromatic rings. The van der Waals surface area contributed by atoms with Crippen molar-refractivity contribution in [3.8, 4) is 11.5 Å². The van der Waals surface area contributed by atoms with E-state index < -0.39 is 9.84 Å². The Kier molecular flexibility index (Phi) is 6.25. The summed E-state index contributed by atoms with van der Waals surface area (Å²) in [6.07, 6.45) is 0.834. The maximum Gasteiger partial charge on any atom is 0.234 e. The summed E-state index contributed by atoms with van der Waals surface area (Å²) in [4.78, 5) is 4.58. The lowest BCUT2D eigenvalue weighted by Crippen LogP contribution is -2.07. The summed E-state index contributed by atoms with van der Waals surface area (Å²) in [6, 6.07) is 24.0. The van der Waals surface area contributed by atoms with Gasteiger partial charge in [-0.1, -0.05) is 61.5 Å². The molecular weight excluding hydrogens is 476 g/mol. The molecule has 7 heteroatoms. The van der Waals surface area contributed by atoms with Crippen molar-refractivity contribution < 1.29 is 12.8 Å². The van der Waals surface area contributed by atoms with Crippen molar-refractivity contribution >= 4 is 31.7 Å². The zero-order valence-electron chi connectivity index (χ0n) is 16.9. The number of hydrogen-bond donors (Lipinski definition) is 1. The van der Waals surface area contributed by atoms with Crippen LogP contribution in [0.15, 0.2) is 97.7 Å². The van der Waals surface area contributed by atoms with E-state index in [2.05, 4.69) is 26.2 Å². The first-order valence-corrected chi connectivity index (χ1v) is 12.1. The Morgan fingerprint density at radius 1 is 0.903 bits per heavy atom. The Morgan fingerprint density at radius 3 is 2.26 bits per heavy atom. The molecule has 0 saturated heterocycles. The number of nitrogens with one attached hydrogen (secondary N) is 1. The van der Waals surface area contributed by atoms with Crippen molar-refractivity contribution in [2.75, 3.05) is 5.32 Å². The van der Waals surface area contributed by atoms with E-state index in [0.29, 0.717) is 12.1 Å². The molecule has 0 saturated carbocycles. The zero-order valence-corrected chi connectivity index (χ0v) is 19.3. The van der Waals surface area contributed by atoms with Gasteiger partial charge < -0.3 is 9.73 Å². The summed E-state index contributed by atoms with van der Waals surface area (Å²) in [6.45, 7) is 2.43. The maximum absolute atomic E-state index is 13.4. The molecule has 158 valence electrons. The van der Waals surface area contributed by atoms with E-state index in [0.717, 1.165) is 22.0 Å². The van der Waals surface area contributed by atoms with E-state index in [1.54, 1.807) is 12.1 Å². The van der Waals surface area contributed by atoms with E-state index in [4.69, 9.17) is 4.42 Å². The second kappa shape index (κ2) is 9.08. The zero-order chi connectivity index (χ0) is 21.8. The SMILES string of the molecule is CCc1ccc(S(=O)(=O)c2nc(-c3ccccc3Br)oc2NCc2ccccc2)cc1. The van der Waals surface area contributed by atoms with Crippen molar-refractivity contribution in [2.24, 2.45) is 0 Å². The summed E-state index contributed by atoms with van der Waals surface area (Å²) in [5, 5.41) is 2.99. The highest BCUT2D eigenvalue weighted by atomic mass is 79.9. The number of sulfone groups is 1. The van der Waals surface area contributed by atoms with Crippen LogP contribution in [-0.4, -0.2) is 13.4 Å². The van der Waals surface area contributed by atoms with Gasteiger partial charge in [-0.3, -0.25) is 0 Å². The minimum atomic E-state index is -3.88. The molecule has 3 aromatic carbocycles. The number of anilines is 1. The highest BCUT2D eigenvalue weighted by molar-refractivity contribution is 9.10. The first kappa shape index (κ1) is 21.3. The molecule has 1 aromatic heterocycles. The number of rotatable bonds is 7. The maximum atomic E-state index is 13.4. The molecule has 0 atom stereocenters. The fourth-order valence-electron chi connectivity index (χ4n) is 3.14. The highest BCUT2D eigenvalue weighted by Crippen LogP contribution is 2.35. The van der Waals surface area contributed by atoms with Gasteiger partial charge in [0.2, 0.25) is 26.6 Å². The van der Waals surface area contributed by atoms with Gasteiger partial charge in [0.25, 0.3) is 0 Å². The summed E-state index contributed by atoms with van der Waals surface area (Å²) >= 11 is 3.48. The van der Waals surface area contributed by atoms with Gasteiger partial charge in [-0.25, -0.2) is 8.42 Å². The Labute approximate surface area is 190 Å². The van der Waals surface area contributed by atoms with Crippen molar-refractivity contribution in [1.29, 1.82) is 0 Å². The fourth-order valence-corrected chi connectivity index (χ4v) is 4.88. The lowest BCUT2D eigenvalue weighted by atomic mass is 10.2. The number of halogens is 1. The van der Waals surface area contributed by atoms with Gasteiger partial charge in [-0.15, -0.1) is 0 Å². The number of aryl methyl sites for hydroxylation is 1. The first-order chi connectivity index (χ1) is 15.0.